The number of halogens is 2. The Balaban J connectivity index is 0.000000131. The van der Waals surface area contributed by atoms with Crippen LogP contribution in [0.1, 0.15) is 61.6 Å². The Morgan fingerprint density at radius 3 is 1.33 bits per heavy atom. The van der Waals surface area contributed by atoms with Gasteiger partial charge in [-0.15, -0.1) is 0 Å². The maximum atomic E-state index is 9.96. The average Bonchev–Trinajstić information content (AvgIpc) is 1.64. The zero-order valence-electron chi connectivity index (χ0n) is 57.4. The third-order valence-corrected chi connectivity index (χ3v) is 18.3. The summed E-state index contributed by atoms with van der Waals surface area (Å²) in [6.45, 7) is 2.00. The fraction of sp³-hybridized carbons (Fsp3) is 0.140. The van der Waals surface area contributed by atoms with Crippen LogP contribution >= 0.6 is 28.7 Å². The molecule has 17 aromatic rings. The molecule has 5 heterocycles. The van der Waals surface area contributed by atoms with E-state index in [0.717, 1.165) is 106 Å². The largest absolute Gasteiger partial charge is 0.460 e. The molecule has 1 radical (unpaired) electrons. The second-order valence-corrected chi connectivity index (χ2v) is 24.8. The fourth-order valence-corrected chi connectivity index (χ4v) is 13.6. The van der Waals surface area contributed by atoms with Crippen molar-refractivity contribution in [3.05, 3.63) is 289 Å². The Bertz CT molecular complexity index is 5690. The van der Waals surface area contributed by atoms with Crippen LogP contribution in [-0.4, -0.2) is 50.3 Å². The third-order valence-electron chi connectivity index (χ3n) is 17.6. The van der Waals surface area contributed by atoms with Crippen LogP contribution in [0.4, 0.5) is 4.39 Å². The van der Waals surface area contributed by atoms with Crippen LogP contribution in [0.2, 0.25) is 0 Å². The zero-order valence-corrected chi connectivity index (χ0v) is 56.9. The Morgan fingerprint density at radius 1 is 0.460 bits per heavy atom. The van der Waals surface area contributed by atoms with Gasteiger partial charge in [0.2, 0.25) is 0 Å². The number of hydrogen-bond donors (Lipinski definition) is 4. The van der Waals surface area contributed by atoms with Crippen LogP contribution in [0, 0.1) is 0 Å². The van der Waals surface area contributed by atoms with Gasteiger partial charge in [-0.3, -0.25) is 4.39 Å². The van der Waals surface area contributed by atoms with Gasteiger partial charge in [-0.05, 0) is 114 Å². The van der Waals surface area contributed by atoms with Crippen molar-refractivity contribution in [2.24, 2.45) is 4.30 Å². The number of phenolic OH excluding ortho intramolecular Hbond substituents is 1. The molecule has 1 saturated heterocycles. The first-order chi connectivity index (χ1) is 50.2. The minimum absolute atomic E-state index is 0. The van der Waals surface area contributed by atoms with E-state index in [-0.39, 0.29) is 7.43 Å². The molecule has 501 valence electrons. The van der Waals surface area contributed by atoms with Crippen molar-refractivity contribution in [2.45, 2.75) is 58.8 Å². The first kappa shape index (κ1) is 68.5. The van der Waals surface area contributed by atoms with E-state index < -0.39 is 14.3 Å². The summed E-state index contributed by atoms with van der Waals surface area (Å²) in [6, 6.07) is 82.8. The zero-order chi connectivity index (χ0) is 71.2. The predicted molar refractivity (Wildman–Crippen MR) is 428 cm³/mol. The number of aromatic hydroxyl groups is 1. The van der Waals surface area contributed by atoms with Gasteiger partial charge < -0.3 is 37.6 Å². The standard InChI is InChI=1S/C16H11BO3.C16H9BrO.C16H14O.C16H10O.C10H8O.C6H8.C4H8O.CH3F.CH4.BHNS.H2/c18-17(19)14-9-13-11-6-3-4-8-15(11)20-16(13)12-7-2-1-5-10(12)14;17-14-9-13-11-6-3-4-8-15(11)18-16(13)12-7-2-1-5-10(12)14;2*1-2-6-12-11(5-1)9-10-14-13-7-3-4-8-15(13)17-16(12)14;11-10-7-3-5-8-4-1-2-6-9(8)10;1-2-4-6-5-3-1;1-2-4-5-3-1;1-2;;1-2-3;/h1-9,18-19H;1-9H;1-2,5-6,9-10H,3-4,7-8H2;1-10H;1-7,11H;1-4H,5-6H2;1-4H2;1H3;1H4;3H;1H/i;;;;;;;1D;;;1+1D. The number of allylic oxidation sites excluding steroid dienone is 4. The van der Waals surface area contributed by atoms with E-state index in [1.165, 1.54) is 105 Å². The van der Waals surface area contributed by atoms with Gasteiger partial charge in [0.15, 0.2) is 0 Å². The van der Waals surface area contributed by atoms with Crippen LogP contribution in [0.15, 0.2) is 299 Å². The molecule has 3 N–H and O–H groups in total. The third kappa shape index (κ3) is 16.0. The maximum absolute atomic E-state index is 9.96. The number of alkyl halides is 1. The molecule has 20 rings (SSSR count). The molecule has 0 unspecified atom stereocenters. The summed E-state index contributed by atoms with van der Waals surface area (Å²) in [6.07, 6.45) is 18.4. The van der Waals surface area contributed by atoms with Gasteiger partial charge in [0.05, 0.1) is 8.52 Å². The first-order valence-corrected chi connectivity index (χ1v) is 34.2. The summed E-state index contributed by atoms with van der Waals surface area (Å²) in [5.74, 6) is 1.57. The van der Waals surface area contributed by atoms with Crippen molar-refractivity contribution in [3.63, 3.8) is 0 Å². The van der Waals surface area contributed by atoms with Gasteiger partial charge in [0, 0.05) is 97.3 Å². The molecule has 1 aliphatic heterocycles. The summed E-state index contributed by atoms with van der Waals surface area (Å²) in [5.41, 5.74) is 8.49. The number of benzene rings is 13. The van der Waals surface area contributed by atoms with Gasteiger partial charge in [-0.2, -0.15) is 0 Å². The number of aryl methyl sites for hydroxylation is 2. The van der Waals surface area contributed by atoms with Crippen LogP contribution in [-0.2, 0) is 17.6 Å². The maximum Gasteiger partial charge on any atom is 0.143 e. The van der Waals surface area contributed by atoms with Crippen molar-refractivity contribution >= 4 is 180 Å². The molecular formula is C86H78B2BrFNO8S. The van der Waals surface area contributed by atoms with Gasteiger partial charge >= 0.3 is 31.9 Å². The summed E-state index contributed by atoms with van der Waals surface area (Å²) < 4.78 is 58.3. The summed E-state index contributed by atoms with van der Waals surface area (Å²) in [5, 5.41) is 47.5. The van der Waals surface area contributed by atoms with E-state index in [4.69, 9.17) is 26.7 Å². The molecule has 9 nitrogen and oxygen atoms in total. The Labute approximate surface area is 600 Å². The number of phenols is 1. The molecule has 4 aromatic heterocycles. The van der Waals surface area contributed by atoms with E-state index in [1.54, 1.807) is 12.1 Å². The fourth-order valence-electron chi connectivity index (χ4n) is 13.0. The smallest absolute Gasteiger partial charge is 0.143 e. The Kier molecular flexibility index (Phi) is 23.7. The first-order valence-electron chi connectivity index (χ1n) is 34.7. The molecule has 0 amide bonds. The van der Waals surface area contributed by atoms with Crippen LogP contribution < -0.4 is 5.46 Å². The van der Waals surface area contributed by atoms with Crippen molar-refractivity contribution < 1.29 is 46.3 Å². The molecule has 3 aliphatic rings. The molecule has 0 atom stereocenters. The Hall–Kier alpha value is -10.1. The number of rotatable bonds is 1. The van der Waals surface area contributed by atoms with Crippen molar-refractivity contribution in [1.29, 1.82) is 0 Å². The number of thiol groups is 1. The molecule has 100 heavy (non-hydrogen) atoms. The average molecular weight is 1410 g/mol. The van der Waals surface area contributed by atoms with E-state index in [9.17, 15) is 19.5 Å². The van der Waals surface area contributed by atoms with Gasteiger partial charge in [-0.25, -0.2) is 0 Å². The second kappa shape index (κ2) is 34.6. The van der Waals surface area contributed by atoms with Crippen molar-refractivity contribution in [1.82, 2.24) is 0 Å². The number of fused-ring (bicyclic) bond motifs is 21. The summed E-state index contributed by atoms with van der Waals surface area (Å²) >= 11 is 6.84. The van der Waals surface area contributed by atoms with E-state index in [2.05, 4.69) is 168 Å². The molecule has 2 aliphatic carbocycles. The van der Waals surface area contributed by atoms with Crippen LogP contribution in [0.3, 0.4) is 0 Å². The van der Waals surface area contributed by atoms with Crippen LogP contribution in [0.25, 0.3) is 131 Å². The molecule has 1 fully saturated rings. The number of furan rings is 4. The quantitative estimate of drug-likeness (QED) is 0.0943. The molecule has 0 spiro atoms. The van der Waals surface area contributed by atoms with E-state index >= 15 is 0 Å². The monoisotopic (exact) mass is 1410 g/mol. The Morgan fingerprint density at radius 2 is 0.840 bits per heavy atom. The summed E-state index contributed by atoms with van der Waals surface area (Å²) in [4.78, 5) is 0. The number of hydrogen-bond acceptors (Lipinski definition) is 10. The van der Waals surface area contributed by atoms with Crippen molar-refractivity contribution in [2.75, 3.05) is 20.4 Å². The van der Waals surface area contributed by atoms with E-state index in [0.29, 0.717) is 11.2 Å². The number of ether oxygens (including phenoxy) is 1. The summed E-state index contributed by atoms with van der Waals surface area (Å²) in [7, 11) is 1.83. The number of nitrogens with zero attached hydrogens (tertiary/aromatic N) is 1. The topological polar surface area (TPSA) is 135 Å². The van der Waals surface area contributed by atoms with E-state index in [1.807, 2.05) is 133 Å². The molecule has 0 bridgehead atoms. The van der Waals surface area contributed by atoms with Crippen molar-refractivity contribution in [3.8, 4) is 5.75 Å². The van der Waals surface area contributed by atoms with Gasteiger partial charge in [0.1, 0.15) is 50.6 Å². The number of para-hydroxylation sites is 3. The molecule has 0 saturated carbocycles. The molecule has 13 aromatic carbocycles. The minimum atomic E-state index is -1.50. The molecule has 14 heteroatoms. The predicted octanol–water partition coefficient (Wildman–Crippen LogP) is 24.0. The normalized spacial score (nSPS) is 12.8. The second-order valence-electron chi connectivity index (χ2n) is 23.7. The van der Waals surface area contributed by atoms with Gasteiger partial charge in [-0.1, -0.05) is 260 Å². The SMILES string of the molecule is Brc1cc2c3ccccc3oc2c2ccccc12.C.C1=CCCC=C1.C1CCOC1.OB(O)c1cc2c3ccccc3oc2c2ccccc12.Oc1cccc2ccccc12.[2H]CF.[2H][2H].[B]=NS.c1ccc2c(c1)ccc1c3c(oc12)CCCC3.c1ccc2c(c1)ccc1c3ccccc3oc21. The van der Waals surface area contributed by atoms with Crippen LogP contribution in [0.5, 0.6) is 5.75 Å². The minimum Gasteiger partial charge on any atom is -0.460 e. The molecular weight excluding hydrogens is 1330 g/mol. The van der Waals surface area contributed by atoms with Gasteiger partial charge in [0.25, 0.3) is 0 Å².